The topological polar surface area (TPSA) is 51.2 Å². The molecule has 0 saturated carbocycles. The zero-order valence-electron chi connectivity index (χ0n) is 9.13. The number of nitrogens with zero attached hydrogens (tertiary/aromatic N) is 1. The van der Waals surface area contributed by atoms with Gasteiger partial charge in [-0.25, -0.2) is 4.98 Å². The van der Waals surface area contributed by atoms with Crippen LogP contribution >= 0.6 is 0 Å². The maximum absolute atomic E-state index is 11.4. The van der Waals surface area contributed by atoms with E-state index < -0.39 is 0 Å². The monoisotopic (exact) mass is 206 g/mol. The summed E-state index contributed by atoms with van der Waals surface area (Å²) in [6.45, 7) is 6.41. The molecule has 2 rings (SSSR count). The van der Waals surface area contributed by atoms with E-state index in [1.165, 1.54) is 0 Å². The third kappa shape index (κ3) is 2.09. The summed E-state index contributed by atoms with van der Waals surface area (Å²) >= 11 is 0. The average Bonchev–Trinajstić information content (AvgIpc) is 2.45. The van der Waals surface area contributed by atoms with Crippen LogP contribution in [0.1, 0.15) is 36.8 Å². The van der Waals surface area contributed by atoms with Crippen molar-refractivity contribution < 1.29 is 9.53 Å². The number of aromatic nitrogens is 1. The number of carbonyl (C=O) groups excluding carboxylic acids is 1. The quantitative estimate of drug-likeness (QED) is 0.757. The van der Waals surface area contributed by atoms with E-state index in [2.05, 4.69) is 10.3 Å². The SMILES string of the molecule is CC(C)(C)Oc1ccc2c(n1)C(=O)NC2. The Morgan fingerprint density at radius 2 is 2.13 bits per heavy atom. The third-order valence-electron chi connectivity index (χ3n) is 2.02. The standard InChI is InChI=1S/C11H14N2O2/c1-11(2,3)15-8-5-4-7-6-12-10(14)9(7)13-8/h4-5H,6H2,1-3H3,(H,12,14). The first-order valence-corrected chi connectivity index (χ1v) is 4.93. The van der Waals surface area contributed by atoms with Gasteiger partial charge in [0.05, 0.1) is 0 Å². The number of hydrogen-bond donors (Lipinski definition) is 1. The van der Waals surface area contributed by atoms with Crippen molar-refractivity contribution in [2.75, 3.05) is 0 Å². The summed E-state index contributed by atoms with van der Waals surface area (Å²) in [5.41, 5.74) is 1.12. The fourth-order valence-corrected chi connectivity index (χ4v) is 1.44. The Hall–Kier alpha value is -1.58. The van der Waals surface area contributed by atoms with Crippen LogP contribution in [0.5, 0.6) is 5.88 Å². The van der Waals surface area contributed by atoms with Gasteiger partial charge in [0.25, 0.3) is 5.91 Å². The van der Waals surface area contributed by atoms with Gasteiger partial charge in [-0.1, -0.05) is 0 Å². The van der Waals surface area contributed by atoms with Crippen LogP contribution in [0.3, 0.4) is 0 Å². The van der Waals surface area contributed by atoms with Gasteiger partial charge in [-0.05, 0) is 26.8 Å². The summed E-state index contributed by atoms with van der Waals surface area (Å²) in [4.78, 5) is 15.5. The average molecular weight is 206 g/mol. The second-order valence-electron chi connectivity index (χ2n) is 4.55. The molecule has 15 heavy (non-hydrogen) atoms. The van der Waals surface area contributed by atoms with Crippen molar-refractivity contribution >= 4 is 5.91 Å². The maximum Gasteiger partial charge on any atom is 0.270 e. The Balaban J connectivity index is 2.30. The molecule has 1 amide bonds. The minimum Gasteiger partial charge on any atom is -0.472 e. The van der Waals surface area contributed by atoms with Crippen molar-refractivity contribution in [1.82, 2.24) is 10.3 Å². The molecule has 1 aromatic rings. The van der Waals surface area contributed by atoms with E-state index in [-0.39, 0.29) is 11.5 Å². The first-order valence-electron chi connectivity index (χ1n) is 4.93. The lowest BCUT2D eigenvalue weighted by Gasteiger charge is -2.20. The fraction of sp³-hybridized carbons (Fsp3) is 0.455. The molecule has 1 N–H and O–H groups in total. The number of fused-ring (bicyclic) bond motifs is 1. The van der Waals surface area contributed by atoms with Gasteiger partial charge in [0.15, 0.2) is 0 Å². The molecule has 0 aromatic carbocycles. The second kappa shape index (κ2) is 3.22. The van der Waals surface area contributed by atoms with Gasteiger partial charge in [-0.15, -0.1) is 0 Å². The molecule has 2 heterocycles. The van der Waals surface area contributed by atoms with Crippen LogP contribution in [0, 0.1) is 0 Å². The number of carbonyl (C=O) groups is 1. The molecule has 1 aliphatic rings. The highest BCUT2D eigenvalue weighted by Gasteiger charge is 2.22. The number of hydrogen-bond acceptors (Lipinski definition) is 3. The molecule has 0 saturated heterocycles. The van der Waals surface area contributed by atoms with Crippen molar-refractivity contribution in [3.8, 4) is 5.88 Å². The molecule has 0 atom stereocenters. The molecule has 0 spiro atoms. The number of pyridine rings is 1. The van der Waals surface area contributed by atoms with Crippen molar-refractivity contribution in [3.63, 3.8) is 0 Å². The molecule has 0 fully saturated rings. The molecule has 80 valence electrons. The van der Waals surface area contributed by atoms with Crippen LogP contribution in [0.4, 0.5) is 0 Å². The second-order valence-corrected chi connectivity index (χ2v) is 4.55. The normalized spacial score (nSPS) is 14.7. The first-order chi connectivity index (χ1) is 6.96. The Morgan fingerprint density at radius 1 is 1.40 bits per heavy atom. The number of rotatable bonds is 1. The summed E-state index contributed by atoms with van der Waals surface area (Å²) in [6, 6.07) is 3.67. The van der Waals surface area contributed by atoms with Gasteiger partial charge < -0.3 is 10.1 Å². The van der Waals surface area contributed by atoms with E-state index >= 15 is 0 Å². The molecule has 0 aliphatic carbocycles. The Bertz CT molecular complexity index is 408. The van der Waals surface area contributed by atoms with Crippen LogP contribution in [-0.2, 0) is 6.54 Å². The van der Waals surface area contributed by atoms with E-state index in [0.29, 0.717) is 18.1 Å². The molecule has 0 radical (unpaired) electrons. The van der Waals surface area contributed by atoms with Crippen LogP contribution in [0.15, 0.2) is 12.1 Å². The van der Waals surface area contributed by atoms with Gasteiger partial charge in [-0.2, -0.15) is 0 Å². The molecule has 1 aliphatic heterocycles. The van der Waals surface area contributed by atoms with E-state index in [1.807, 2.05) is 26.8 Å². The number of amides is 1. The molecule has 0 bridgehead atoms. The van der Waals surface area contributed by atoms with Crippen LogP contribution in [0.2, 0.25) is 0 Å². The molecular weight excluding hydrogens is 192 g/mol. The molecular formula is C11H14N2O2. The third-order valence-corrected chi connectivity index (χ3v) is 2.02. The molecule has 4 nitrogen and oxygen atoms in total. The van der Waals surface area contributed by atoms with Gasteiger partial charge in [0.2, 0.25) is 5.88 Å². The molecule has 1 aromatic heterocycles. The van der Waals surface area contributed by atoms with Crippen molar-refractivity contribution in [1.29, 1.82) is 0 Å². The van der Waals surface area contributed by atoms with Gasteiger partial charge in [-0.3, -0.25) is 4.79 Å². The Morgan fingerprint density at radius 3 is 2.80 bits per heavy atom. The lowest BCUT2D eigenvalue weighted by molar-refractivity contribution is 0.0954. The van der Waals surface area contributed by atoms with E-state index in [9.17, 15) is 4.79 Å². The largest absolute Gasteiger partial charge is 0.472 e. The van der Waals surface area contributed by atoms with Crippen molar-refractivity contribution in [2.24, 2.45) is 0 Å². The lowest BCUT2D eigenvalue weighted by atomic mass is 10.2. The van der Waals surface area contributed by atoms with Crippen molar-refractivity contribution in [2.45, 2.75) is 32.9 Å². The molecule has 4 heteroatoms. The summed E-state index contributed by atoms with van der Waals surface area (Å²) in [6.07, 6.45) is 0. The smallest absolute Gasteiger partial charge is 0.270 e. The molecule has 0 unspecified atom stereocenters. The summed E-state index contributed by atoms with van der Waals surface area (Å²) in [7, 11) is 0. The predicted octanol–water partition coefficient (Wildman–Crippen LogP) is 1.50. The Kier molecular flexibility index (Phi) is 2.14. The summed E-state index contributed by atoms with van der Waals surface area (Å²) < 4.78 is 5.58. The van der Waals surface area contributed by atoms with E-state index in [4.69, 9.17) is 4.74 Å². The number of ether oxygens (including phenoxy) is 1. The minimum absolute atomic E-state index is 0.121. The zero-order valence-corrected chi connectivity index (χ0v) is 9.13. The lowest BCUT2D eigenvalue weighted by Crippen LogP contribution is -2.24. The zero-order chi connectivity index (χ0) is 11.1. The minimum atomic E-state index is -0.295. The van der Waals surface area contributed by atoms with Gasteiger partial charge in [0, 0.05) is 18.2 Å². The maximum atomic E-state index is 11.4. The van der Waals surface area contributed by atoms with Crippen LogP contribution < -0.4 is 10.1 Å². The summed E-state index contributed by atoms with van der Waals surface area (Å²) in [5.74, 6) is 0.377. The number of nitrogens with one attached hydrogen (secondary N) is 1. The van der Waals surface area contributed by atoms with Gasteiger partial charge >= 0.3 is 0 Å². The van der Waals surface area contributed by atoms with Crippen LogP contribution in [0.25, 0.3) is 0 Å². The Labute approximate surface area is 88.7 Å². The van der Waals surface area contributed by atoms with E-state index in [0.717, 1.165) is 5.56 Å². The summed E-state index contributed by atoms with van der Waals surface area (Å²) in [5, 5.41) is 2.72. The van der Waals surface area contributed by atoms with Gasteiger partial charge in [0.1, 0.15) is 11.3 Å². The predicted molar refractivity (Wildman–Crippen MR) is 55.8 cm³/mol. The van der Waals surface area contributed by atoms with Crippen LogP contribution in [-0.4, -0.2) is 16.5 Å². The first kappa shape index (κ1) is 9.96. The van der Waals surface area contributed by atoms with E-state index in [1.54, 1.807) is 6.07 Å². The highest BCUT2D eigenvalue weighted by Crippen LogP contribution is 2.20. The highest BCUT2D eigenvalue weighted by molar-refractivity contribution is 5.96. The highest BCUT2D eigenvalue weighted by atomic mass is 16.5. The fourth-order valence-electron chi connectivity index (χ4n) is 1.44. The van der Waals surface area contributed by atoms with Crippen molar-refractivity contribution in [3.05, 3.63) is 23.4 Å².